The van der Waals surface area contributed by atoms with E-state index in [2.05, 4.69) is 10.6 Å². The molecule has 1 fully saturated rings. The van der Waals surface area contributed by atoms with Gasteiger partial charge < -0.3 is 30.3 Å². The maximum atomic E-state index is 13.1. The molecule has 2 aromatic rings. The number of methoxy groups -OCH3 is 1. The summed E-state index contributed by atoms with van der Waals surface area (Å²) in [7, 11) is 1.51. The molecule has 1 atom stereocenters. The predicted octanol–water partition coefficient (Wildman–Crippen LogP) is 4.53. The van der Waals surface area contributed by atoms with Crippen LogP contribution < -0.4 is 15.4 Å². The van der Waals surface area contributed by atoms with E-state index in [0.717, 1.165) is 11.1 Å². The molecule has 0 aromatic heterocycles. The van der Waals surface area contributed by atoms with Gasteiger partial charge in [0.1, 0.15) is 5.75 Å². The van der Waals surface area contributed by atoms with E-state index in [1.165, 1.54) is 7.11 Å². The molecule has 1 unspecified atom stereocenters. The molecule has 10 heteroatoms. The first kappa shape index (κ1) is 30.5. The number of benzene rings is 2. The van der Waals surface area contributed by atoms with Crippen molar-refractivity contribution < 1.29 is 29.0 Å². The molecule has 1 heterocycles. The van der Waals surface area contributed by atoms with Crippen LogP contribution in [0.5, 0.6) is 5.75 Å². The van der Waals surface area contributed by atoms with Crippen LogP contribution in [0, 0.1) is 12.3 Å². The van der Waals surface area contributed by atoms with E-state index in [4.69, 9.17) is 4.74 Å². The van der Waals surface area contributed by atoms with Crippen molar-refractivity contribution in [1.29, 1.82) is 0 Å². The third-order valence-corrected chi connectivity index (χ3v) is 7.47. The molecule has 1 saturated heterocycles. The Balaban J connectivity index is 1.57. The van der Waals surface area contributed by atoms with Crippen LogP contribution in [0.1, 0.15) is 50.7 Å². The minimum Gasteiger partial charge on any atom is -0.495 e. The van der Waals surface area contributed by atoms with Gasteiger partial charge in [0.2, 0.25) is 11.8 Å². The standard InChI is InChI=1S/C30H40N4O6/c1-5-30(3,20-28(37)38)19-27(36)34-14-8-13-33(15-16-34)26(35)18-22-11-12-24(25(17-22)40-4)32-29(39)31-23-10-7-6-9-21(23)2/h6-7,9-12,17H,5,8,13-16,18-20H2,1-4H3,(H,37,38)(H2,31,32,39). The van der Waals surface area contributed by atoms with Crippen molar-refractivity contribution in [2.24, 2.45) is 5.41 Å². The molecule has 216 valence electrons. The van der Waals surface area contributed by atoms with Gasteiger partial charge >= 0.3 is 12.0 Å². The first-order valence-electron chi connectivity index (χ1n) is 13.6. The molecule has 3 N–H and O–H groups in total. The third-order valence-electron chi connectivity index (χ3n) is 7.47. The number of hydrogen-bond acceptors (Lipinski definition) is 5. The molecule has 1 aliphatic rings. The Bertz CT molecular complexity index is 1230. The van der Waals surface area contributed by atoms with Crippen molar-refractivity contribution in [2.75, 3.05) is 43.9 Å². The number of carbonyl (C=O) groups is 4. The zero-order valence-corrected chi connectivity index (χ0v) is 23.8. The van der Waals surface area contributed by atoms with Crippen molar-refractivity contribution in [3.8, 4) is 5.75 Å². The number of carboxylic acid groups (broad SMARTS) is 1. The lowest BCUT2D eigenvalue weighted by Gasteiger charge is -2.29. The number of carboxylic acids is 1. The third kappa shape index (κ3) is 8.46. The molecule has 2 aromatic carbocycles. The fourth-order valence-electron chi connectivity index (χ4n) is 4.80. The summed E-state index contributed by atoms with van der Waals surface area (Å²) in [5.74, 6) is -0.591. The highest BCUT2D eigenvalue weighted by atomic mass is 16.5. The minimum atomic E-state index is -0.907. The van der Waals surface area contributed by atoms with E-state index < -0.39 is 17.4 Å². The first-order chi connectivity index (χ1) is 19.0. The van der Waals surface area contributed by atoms with Gasteiger partial charge in [0.25, 0.3) is 0 Å². The number of rotatable bonds is 10. The summed E-state index contributed by atoms with van der Waals surface area (Å²) in [5.41, 5.74) is 2.29. The molecule has 40 heavy (non-hydrogen) atoms. The Labute approximate surface area is 235 Å². The van der Waals surface area contributed by atoms with E-state index in [1.807, 2.05) is 45.0 Å². The first-order valence-corrected chi connectivity index (χ1v) is 13.6. The van der Waals surface area contributed by atoms with Crippen molar-refractivity contribution in [3.63, 3.8) is 0 Å². The summed E-state index contributed by atoms with van der Waals surface area (Å²) in [5, 5.41) is 14.8. The molecule has 3 rings (SSSR count). The second-order valence-corrected chi connectivity index (χ2v) is 10.6. The number of nitrogens with zero attached hydrogens (tertiary/aromatic N) is 2. The van der Waals surface area contributed by atoms with Crippen LogP contribution in [0.4, 0.5) is 16.2 Å². The minimum absolute atomic E-state index is 0.0527. The number of ether oxygens (including phenoxy) is 1. The number of anilines is 2. The zero-order chi connectivity index (χ0) is 29.3. The van der Waals surface area contributed by atoms with Gasteiger partial charge in [0.15, 0.2) is 0 Å². The smallest absolute Gasteiger partial charge is 0.323 e. The molecule has 4 amide bonds. The fraction of sp³-hybridized carbons (Fsp3) is 0.467. The van der Waals surface area contributed by atoms with Gasteiger partial charge in [0, 0.05) is 38.3 Å². The second kappa shape index (κ2) is 13.8. The average Bonchev–Trinajstić information content (AvgIpc) is 3.17. The SMILES string of the molecule is CCC(C)(CC(=O)O)CC(=O)N1CCCN(C(=O)Cc2ccc(NC(=O)Nc3ccccc3C)c(OC)c2)CC1. The lowest BCUT2D eigenvalue weighted by molar-refractivity contribution is -0.141. The van der Waals surface area contributed by atoms with Crippen LogP contribution in [-0.4, -0.2) is 72.0 Å². The zero-order valence-electron chi connectivity index (χ0n) is 23.8. The Hall–Kier alpha value is -4.08. The molecule has 0 saturated carbocycles. The molecule has 0 aliphatic carbocycles. The highest BCUT2D eigenvalue weighted by molar-refractivity contribution is 6.01. The second-order valence-electron chi connectivity index (χ2n) is 10.6. The van der Waals surface area contributed by atoms with Gasteiger partial charge in [0.05, 0.1) is 25.6 Å². The quantitative estimate of drug-likeness (QED) is 0.397. The summed E-state index contributed by atoms with van der Waals surface area (Å²) in [6.45, 7) is 7.55. The molecule has 0 spiro atoms. The van der Waals surface area contributed by atoms with Crippen LogP contribution in [0.2, 0.25) is 0 Å². The summed E-state index contributed by atoms with van der Waals surface area (Å²) in [6.07, 6.45) is 1.53. The van der Waals surface area contributed by atoms with Crippen LogP contribution >= 0.6 is 0 Å². The summed E-state index contributed by atoms with van der Waals surface area (Å²) < 4.78 is 5.47. The highest BCUT2D eigenvalue weighted by Crippen LogP contribution is 2.31. The molecule has 0 radical (unpaired) electrons. The number of amides is 4. The number of nitrogens with one attached hydrogen (secondary N) is 2. The molecular formula is C30H40N4O6. The number of hydrogen-bond donors (Lipinski definition) is 3. The van der Waals surface area contributed by atoms with E-state index in [0.29, 0.717) is 56.1 Å². The molecule has 1 aliphatic heterocycles. The van der Waals surface area contributed by atoms with Crippen LogP contribution in [0.3, 0.4) is 0 Å². The van der Waals surface area contributed by atoms with E-state index >= 15 is 0 Å². The number of aryl methyl sites for hydroxylation is 1. The van der Waals surface area contributed by atoms with Gasteiger partial charge in [-0.25, -0.2) is 4.79 Å². The Morgan fingerprint density at radius 3 is 2.20 bits per heavy atom. The molecule has 0 bridgehead atoms. The molecule has 10 nitrogen and oxygen atoms in total. The highest BCUT2D eigenvalue weighted by Gasteiger charge is 2.31. The van der Waals surface area contributed by atoms with Gasteiger partial charge in [-0.1, -0.05) is 38.1 Å². The van der Waals surface area contributed by atoms with Gasteiger partial charge in [-0.05, 0) is 54.5 Å². The maximum Gasteiger partial charge on any atom is 0.323 e. The fourth-order valence-corrected chi connectivity index (χ4v) is 4.80. The number of aliphatic carboxylic acids is 1. The van der Waals surface area contributed by atoms with Crippen LogP contribution in [0.25, 0.3) is 0 Å². The number of urea groups is 1. The molecular weight excluding hydrogens is 512 g/mol. The number of carbonyl (C=O) groups excluding carboxylic acids is 3. The Kier molecular flexibility index (Phi) is 10.5. The van der Waals surface area contributed by atoms with E-state index in [9.17, 15) is 24.3 Å². The van der Waals surface area contributed by atoms with Crippen LogP contribution in [-0.2, 0) is 20.8 Å². The summed E-state index contributed by atoms with van der Waals surface area (Å²) in [6, 6.07) is 12.3. The van der Waals surface area contributed by atoms with Gasteiger partial charge in [-0.3, -0.25) is 14.4 Å². The number of para-hydroxylation sites is 1. The Morgan fingerprint density at radius 1 is 0.925 bits per heavy atom. The lowest BCUT2D eigenvalue weighted by Crippen LogP contribution is -2.39. The lowest BCUT2D eigenvalue weighted by atomic mass is 9.80. The van der Waals surface area contributed by atoms with E-state index in [-0.39, 0.29) is 31.1 Å². The maximum absolute atomic E-state index is 13.1. The summed E-state index contributed by atoms with van der Waals surface area (Å²) in [4.78, 5) is 53.4. The monoisotopic (exact) mass is 552 g/mol. The van der Waals surface area contributed by atoms with Crippen molar-refractivity contribution in [3.05, 3.63) is 53.6 Å². The Morgan fingerprint density at radius 2 is 1.57 bits per heavy atom. The topological polar surface area (TPSA) is 128 Å². The largest absolute Gasteiger partial charge is 0.495 e. The van der Waals surface area contributed by atoms with Crippen molar-refractivity contribution >= 4 is 35.2 Å². The summed E-state index contributed by atoms with van der Waals surface area (Å²) >= 11 is 0. The average molecular weight is 553 g/mol. The van der Waals surface area contributed by atoms with Gasteiger partial charge in [-0.2, -0.15) is 0 Å². The van der Waals surface area contributed by atoms with Crippen LogP contribution in [0.15, 0.2) is 42.5 Å². The predicted molar refractivity (Wildman–Crippen MR) is 154 cm³/mol. The van der Waals surface area contributed by atoms with Crippen molar-refractivity contribution in [1.82, 2.24) is 9.80 Å². The normalized spacial score (nSPS) is 15.0. The van der Waals surface area contributed by atoms with Crippen molar-refractivity contribution in [2.45, 2.75) is 52.9 Å². The van der Waals surface area contributed by atoms with Gasteiger partial charge in [-0.15, -0.1) is 0 Å². The van der Waals surface area contributed by atoms with E-state index in [1.54, 1.807) is 28.0 Å².